The third kappa shape index (κ3) is 2.49. The van der Waals surface area contributed by atoms with Crippen LogP contribution < -0.4 is 5.32 Å². The highest BCUT2D eigenvalue weighted by molar-refractivity contribution is 5.37. The van der Waals surface area contributed by atoms with Crippen molar-refractivity contribution in [1.82, 2.24) is 10.2 Å². The molecule has 1 atom stereocenters. The smallest absolute Gasteiger partial charge is 0.0605 e. The molecule has 0 amide bonds. The lowest BCUT2D eigenvalue weighted by Gasteiger charge is -2.41. The van der Waals surface area contributed by atoms with Crippen LogP contribution in [0.5, 0.6) is 0 Å². The fourth-order valence-corrected chi connectivity index (χ4v) is 2.94. The lowest BCUT2D eigenvalue weighted by atomic mass is 9.92. The van der Waals surface area contributed by atoms with Crippen molar-refractivity contribution < 1.29 is 0 Å². The summed E-state index contributed by atoms with van der Waals surface area (Å²) in [7, 11) is 2.25. The first-order valence-electron chi connectivity index (χ1n) is 7.30. The minimum absolute atomic E-state index is 0.338. The van der Waals surface area contributed by atoms with E-state index in [1.54, 1.807) is 0 Å². The summed E-state index contributed by atoms with van der Waals surface area (Å²) in [5.74, 6) is 0. The molecule has 2 aromatic rings. The summed E-state index contributed by atoms with van der Waals surface area (Å²) in [5, 5.41) is 3.37. The number of benzene rings is 2. The van der Waals surface area contributed by atoms with Crippen molar-refractivity contribution in [3.8, 4) is 0 Å². The van der Waals surface area contributed by atoms with Crippen LogP contribution in [0.1, 0.15) is 22.7 Å². The molecule has 0 spiro atoms. The number of aryl methyl sites for hydroxylation is 1. The zero-order chi connectivity index (χ0) is 13.9. The Labute approximate surface area is 121 Å². The van der Waals surface area contributed by atoms with Gasteiger partial charge in [-0.25, -0.2) is 0 Å². The van der Waals surface area contributed by atoms with Gasteiger partial charge in [0.25, 0.3) is 0 Å². The van der Waals surface area contributed by atoms with Crippen LogP contribution in [0.25, 0.3) is 0 Å². The summed E-state index contributed by atoms with van der Waals surface area (Å²) in [4.78, 5) is 2.51. The highest BCUT2D eigenvalue weighted by Crippen LogP contribution is 2.31. The molecule has 2 nitrogen and oxygen atoms in total. The van der Waals surface area contributed by atoms with E-state index in [9.17, 15) is 0 Å². The van der Waals surface area contributed by atoms with E-state index in [1.165, 1.54) is 16.7 Å². The van der Waals surface area contributed by atoms with Crippen molar-refractivity contribution in [3.63, 3.8) is 0 Å². The third-order valence-electron chi connectivity index (χ3n) is 4.34. The fraction of sp³-hybridized carbons (Fsp3) is 0.333. The zero-order valence-electron chi connectivity index (χ0n) is 12.2. The molecule has 0 saturated carbocycles. The lowest BCUT2D eigenvalue weighted by molar-refractivity contribution is 0.146. The number of nitrogens with one attached hydrogen (secondary N) is 1. The van der Waals surface area contributed by atoms with Crippen molar-refractivity contribution in [2.45, 2.75) is 19.0 Å². The lowest BCUT2D eigenvalue weighted by Crippen LogP contribution is -2.56. The van der Waals surface area contributed by atoms with Crippen LogP contribution in [0.3, 0.4) is 0 Å². The second-order valence-electron chi connectivity index (χ2n) is 5.65. The van der Waals surface area contributed by atoms with Gasteiger partial charge in [-0.15, -0.1) is 0 Å². The predicted molar refractivity (Wildman–Crippen MR) is 83.9 cm³/mol. The average Bonchev–Trinajstić information content (AvgIpc) is 2.40. The predicted octanol–water partition coefficient (Wildman–Crippen LogP) is 2.99. The maximum absolute atomic E-state index is 3.37. The molecule has 104 valence electrons. The molecule has 1 unspecified atom stereocenters. The summed E-state index contributed by atoms with van der Waals surface area (Å²) in [6.45, 7) is 4.38. The van der Waals surface area contributed by atoms with E-state index in [0.29, 0.717) is 12.1 Å². The molecule has 1 aliphatic rings. The molecule has 0 bridgehead atoms. The molecule has 2 heteroatoms. The van der Waals surface area contributed by atoms with E-state index >= 15 is 0 Å². The van der Waals surface area contributed by atoms with Crippen LogP contribution in [-0.2, 0) is 0 Å². The Bertz CT molecular complexity index is 561. The van der Waals surface area contributed by atoms with Crippen molar-refractivity contribution >= 4 is 0 Å². The van der Waals surface area contributed by atoms with E-state index in [1.807, 2.05) is 0 Å². The van der Waals surface area contributed by atoms with Gasteiger partial charge in [0.2, 0.25) is 0 Å². The largest absolute Gasteiger partial charge is 0.314 e. The second-order valence-corrected chi connectivity index (χ2v) is 5.65. The Morgan fingerprint density at radius 1 is 1.00 bits per heavy atom. The van der Waals surface area contributed by atoms with Gasteiger partial charge in [0.15, 0.2) is 0 Å². The minimum atomic E-state index is 0.338. The molecule has 1 N–H and O–H groups in total. The fourth-order valence-electron chi connectivity index (χ4n) is 2.94. The minimum Gasteiger partial charge on any atom is -0.314 e. The van der Waals surface area contributed by atoms with Gasteiger partial charge >= 0.3 is 0 Å². The SMILES string of the molecule is Cc1ccccc1C(c1ccccc1)N(C)C1CNC1. The molecule has 1 saturated heterocycles. The first kappa shape index (κ1) is 13.3. The Balaban J connectivity index is 2.01. The molecule has 0 radical (unpaired) electrons. The molecule has 1 fully saturated rings. The molecule has 1 heterocycles. The molecule has 20 heavy (non-hydrogen) atoms. The summed E-state index contributed by atoms with van der Waals surface area (Å²) in [6, 6.07) is 20.5. The van der Waals surface area contributed by atoms with Gasteiger partial charge in [0.05, 0.1) is 6.04 Å². The van der Waals surface area contributed by atoms with Crippen LogP contribution in [0.4, 0.5) is 0 Å². The van der Waals surface area contributed by atoms with Crippen LogP contribution in [0.2, 0.25) is 0 Å². The molecule has 3 rings (SSSR count). The van der Waals surface area contributed by atoms with E-state index in [2.05, 4.69) is 78.8 Å². The highest BCUT2D eigenvalue weighted by Gasteiger charge is 2.29. The molecular weight excluding hydrogens is 244 g/mol. The Morgan fingerprint density at radius 3 is 2.25 bits per heavy atom. The Hall–Kier alpha value is -1.64. The number of rotatable bonds is 4. The summed E-state index contributed by atoms with van der Waals surface area (Å²) < 4.78 is 0. The van der Waals surface area contributed by atoms with Gasteiger partial charge in [0.1, 0.15) is 0 Å². The monoisotopic (exact) mass is 266 g/mol. The maximum Gasteiger partial charge on any atom is 0.0605 e. The molecule has 2 aromatic carbocycles. The van der Waals surface area contributed by atoms with E-state index in [0.717, 1.165) is 13.1 Å². The van der Waals surface area contributed by atoms with Gasteiger partial charge in [-0.05, 0) is 30.7 Å². The van der Waals surface area contributed by atoms with Crippen LogP contribution in [0, 0.1) is 6.92 Å². The number of nitrogens with zero attached hydrogens (tertiary/aromatic N) is 1. The quantitative estimate of drug-likeness (QED) is 0.915. The summed E-state index contributed by atoms with van der Waals surface area (Å²) in [5.41, 5.74) is 4.14. The van der Waals surface area contributed by atoms with Crippen molar-refractivity contribution in [3.05, 3.63) is 71.3 Å². The van der Waals surface area contributed by atoms with Crippen molar-refractivity contribution in [2.75, 3.05) is 20.1 Å². The summed E-state index contributed by atoms with van der Waals surface area (Å²) >= 11 is 0. The van der Waals surface area contributed by atoms with Gasteiger partial charge in [0, 0.05) is 19.1 Å². The van der Waals surface area contributed by atoms with Gasteiger partial charge in [-0.2, -0.15) is 0 Å². The second kappa shape index (κ2) is 5.78. The van der Waals surface area contributed by atoms with E-state index < -0.39 is 0 Å². The van der Waals surface area contributed by atoms with Crippen LogP contribution >= 0.6 is 0 Å². The van der Waals surface area contributed by atoms with Crippen molar-refractivity contribution in [2.24, 2.45) is 0 Å². The molecular formula is C18H22N2. The molecule has 0 aliphatic carbocycles. The zero-order valence-corrected chi connectivity index (χ0v) is 12.2. The average molecular weight is 266 g/mol. The van der Waals surface area contributed by atoms with E-state index in [-0.39, 0.29) is 0 Å². The Kier molecular flexibility index (Phi) is 3.86. The topological polar surface area (TPSA) is 15.3 Å². The normalized spacial score (nSPS) is 16.9. The Morgan fingerprint density at radius 2 is 1.65 bits per heavy atom. The van der Waals surface area contributed by atoms with Crippen LogP contribution in [-0.4, -0.2) is 31.1 Å². The first-order chi connectivity index (χ1) is 9.77. The highest BCUT2D eigenvalue weighted by atomic mass is 15.2. The number of hydrogen-bond acceptors (Lipinski definition) is 2. The molecule has 1 aliphatic heterocycles. The van der Waals surface area contributed by atoms with Crippen LogP contribution in [0.15, 0.2) is 54.6 Å². The third-order valence-corrected chi connectivity index (χ3v) is 4.34. The number of likely N-dealkylation sites (N-methyl/N-ethyl adjacent to an activating group) is 1. The van der Waals surface area contributed by atoms with E-state index in [4.69, 9.17) is 0 Å². The van der Waals surface area contributed by atoms with Gasteiger partial charge in [-0.3, -0.25) is 4.90 Å². The molecule has 0 aromatic heterocycles. The summed E-state index contributed by atoms with van der Waals surface area (Å²) in [6.07, 6.45) is 0. The van der Waals surface area contributed by atoms with Gasteiger partial charge in [-0.1, -0.05) is 54.6 Å². The first-order valence-corrected chi connectivity index (χ1v) is 7.30. The maximum atomic E-state index is 3.37. The van der Waals surface area contributed by atoms with Gasteiger partial charge < -0.3 is 5.32 Å². The number of hydrogen-bond donors (Lipinski definition) is 1. The van der Waals surface area contributed by atoms with Crippen molar-refractivity contribution in [1.29, 1.82) is 0 Å². The standard InChI is InChI=1S/C18H22N2/c1-14-8-6-7-11-17(14)18(15-9-4-3-5-10-15)20(2)16-12-19-13-16/h3-11,16,18-19H,12-13H2,1-2H3.